The number of hydrogen-bond acceptors (Lipinski definition) is 2. The molecule has 0 spiro atoms. The Balaban J connectivity index is 0.901. The molecular formula is C62H40N2S2. The average molecular weight is 877 g/mol. The molecule has 10 aromatic carbocycles. The first kappa shape index (κ1) is 37.6. The molecule has 310 valence electrons. The van der Waals surface area contributed by atoms with Crippen molar-refractivity contribution in [1.82, 2.24) is 9.13 Å². The van der Waals surface area contributed by atoms with Crippen molar-refractivity contribution in [2.75, 3.05) is 0 Å². The summed E-state index contributed by atoms with van der Waals surface area (Å²) < 4.78 is 10.3. The second-order valence-electron chi connectivity index (χ2n) is 17.7. The third kappa shape index (κ3) is 5.53. The lowest BCUT2D eigenvalue weighted by Crippen LogP contribution is -1.98. The van der Waals surface area contributed by atoms with E-state index in [1.165, 1.54) is 128 Å². The van der Waals surface area contributed by atoms with Crippen molar-refractivity contribution < 1.29 is 0 Å². The van der Waals surface area contributed by atoms with E-state index in [0.29, 0.717) is 0 Å². The summed E-state index contributed by atoms with van der Waals surface area (Å²) in [6.07, 6.45) is 0. The summed E-state index contributed by atoms with van der Waals surface area (Å²) in [6, 6.07) is 76.9. The molecule has 14 rings (SSSR count). The SMILES string of the molecule is Cc1ccc(-n2c3ccccc3c3cc(-c4cccc5c4sc4ccccc45)ccc32)cc1-c1cc(-n2c3ccccc3c3cc(-c4cccc5c4sc4ccccc45)ccc32)ccc1C. The van der Waals surface area contributed by atoms with Crippen LogP contribution in [0, 0.1) is 13.8 Å². The standard InChI is InChI=1S/C62H40N2S2/c1-37-25-29-41(63-55-21-7-3-13-45(55)53-33-39(27-31-57(53)63)43-17-11-19-49-47-15-5-9-23-59(47)65-61(43)49)35-51(37)52-36-42(30-26-38(52)2)64-56-22-8-4-14-46(56)54-34-40(28-32-58(54)64)44-18-12-20-50-48-16-6-10-24-60(48)66-62(44)50/h3-36H,1-2H3. The largest absolute Gasteiger partial charge is 0.309 e. The van der Waals surface area contributed by atoms with E-state index < -0.39 is 0 Å². The molecule has 0 fully saturated rings. The number of hydrogen-bond donors (Lipinski definition) is 0. The summed E-state index contributed by atoms with van der Waals surface area (Å²) in [5, 5.41) is 10.3. The van der Waals surface area contributed by atoms with Crippen LogP contribution in [0.3, 0.4) is 0 Å². The van der Waals surface area contributed by atoms with Crippen molar-refractivity contribution in [3.05, 3.63) is 217 Å². The van der Waals surface area contributed by atoms with Gasteiger partial charge in [0.2, 0.25) is 0 Å². The molecule has 0 atom stereocenters. The molecule has 4 heterocycles. The molecule has 0 aliphatic rings. The molecule has 2 nitrogen and oxygen atoms in total. The molecular weight excluding hydrogens is 837 g/mol. The molecule has 4 heteroatoms. The highest BCUT2D eigenvalue weighted by Crippen LogP contribution is 2.45. The van der Waals surface area contributed by atoms with Gasteiger partial charge in [0, 0.05) is 73.3 Å². The Labute approximate surface area is 389 Å². The normalized spacial score (nSPS) is 12.1. The highest BCUT2D eigenvalue weighted by Gasteiger charge is 2.20. The number of para-hydroxylation sites is 2. The van der Waals surface area contributed by atoms with Gasteiger partial charge in [-0.25, -0.2) is 0 Å². The minimum Gasteiger partial charge on any atom is -0.309 e. The van der Waals surface area contributed by atoms with Gasteiger partial charge in [-0.1, -0.05) is 133 Å². The number of fused-ring (bicyclic) bond motifs is 12. The van der Waals surface area contributed by atoms with E-state index in [1.54, 1.807) is 0 Å². The minimum absolute atomic E-state index is 1.16. The fourth-order valence-electron chi connectivity index (χ4n) is 10.9. The molecule has 0 N–H and O–H groups in total. The quantitative estimate of drug-likeness (QED) is 0.163. The number of benzene rings is 10. The second-order valence-corrected chi connectivity index (χ2v) is 19.8. The Morgan fingerprint density at radius 2 is 0.682 bits per heavy atom. The van der Waals surface area contributed by atoms with Gasteiger partial charge in [-0.2, -0.15) is 0 Å². The molecule has 0 bridgehead atoms. The molecule has 4 aromatic heterocycles. The van der Waals surface area contributed by atoms with Crippen molar-refractivity contribution in [2.24, 2.45) is 0 Å². The van der Waals surface area contributed by atoms with E-state index in [1.807, 2.05) is 22.7 Å². The molecule has 0 radical (unpaired) electrons. The maximum absolute atomic E-state index is 2.46. The van der Waals surface area contributed by atoms with Crippen molar-refractivity contribution in [3.63, 3.8) is 0 Å². The fraction of sp³-hybridized carbons (Fsp3) is 0.0323. The number of rotatable bonds is 5. The maximum atomic E-state index is 2.46. The second kappa shape index (κ2) is 14.4. The lowest BCUT2D eigenvalue weighted by atomic mass is 9.95. The highest BCUT2D eigenvalue weighted by molar-refractivity contribution is 7.26. The van der Waals surface area contributed by atoms with Crippen molar-refractivity contribution in [2.45, 2.75) is 13.8 Å². The summed E-state index contributed by atoms with van der Waals surface area (Å²) >= 11 is 3.78. The summed E-state index contributed by atoms with van der Waals surface area (Å²) in [6.45, 7) is 4.49. The number of aromatic nitrogens is 2. The van der Waals surface area contributed by atoms with Gasteiger partial charge in [-0.15, -0.1) is 22.7 Å². The molecule has 0 unspecified atom stereocenters. The Bertz CT molecular complexity index is 4040. The van der Waals surface area contributed by atoms with Gasteiger partial charge in [-0.3, -0.25) is 0 Å². The predicted octanol–water partition coefficient (Wildman–Crippen LogP) is 18.2. The summed E-state index contributed by atoms with van der Waals surface area (Å²) in [5.41, 5.74) is 17.2. The zero-order chi connectivity index (χ0) is 43.6. The van der Waals surface area contributed by atoms with Gasteiger partial charge >= 0.3 is 0 Å². The third-order valence-electron chi connectivity index (χ3n) is 14.0. The summed E-state index contributed by atoms with van der Waals surface area (Å²) in [7, 11) is 0. The van der Waals surface area contributed by atoms with Gasteiger partial charge in [-0.05, 0) is 131 Å². The first-order valence-corrected chi connectivity index (χ1v) is 24.3. The van der Waals surface area contributed by atoms with Crippen LogP contribution in [0.25, 0.3) is 129 Å². The van der Waals surface area contributed by atoms with Crippen LogP contribution in [-0.2, 0) is 0 Å². The van der Waals surface area contributed by atoms with Gasteiger partial charge in [0.15, 0.2) is 0 Å². The Morgan fingerprint density at radius 1 is 0.288 bits per heavy atom. The van der Waals surface area contributed by atoms with Crippen LogP contribution >= 0.6 is 22.7 Å². The lowest BCUT2D eigenvalue weighted by Gasteiger charge is -2.16. The molecule has 0 aliphatic heterocycles. The minimum atomic E-state index is 1.16. The first-order valence-electron chi connectivity index (χ1n) is 22.7. The van der Waals surface area contributed by atoms with Gasteiger partial charge in [0.05, 0.1) is 22.1 Å². The Morgan fingerprint density at radius 3 is 1.15 bits per heavy atom. The average Bonchev–Trinajstić information content (AvgIpc) is 4.12. The van der Waals surface area contributed by atoms with E-state index in [9.17, 15) is 0 Å². The van der Waals surface area contributed by atoms with Crippen molar-refractivity contribution in [3.8, 4) is 44.8 Å². The molecule has 0 amide bonds. The van der Waals surface area contributed by atoms with E-state index in [4.69, 9.17) is 0 Å². The smallest absolute Gasteiger partial charge is 0.0541 e. The van der Waals surface area contributed by atoms with Gasteiger partial charge < -0.3 is 9.13 Å². The monoisotopic (exact) mass is 876 g/mol. The van der Waals surface area contributed by atoms with Crippen LogP contribution in [0.1, 0.15) is 11.1 Å². The predicted molar refractivity (Wildman–Crippen MR) is 287 cm³/mol. The third-order valence-corrected chi connectivity index (χ3v) is 16.5. The topological polar surface area (TPSA) is 9.86 Å². The molecule has 0 aliphatic carbocycles. The lowest BCUT2D eigenvalue weighted by molar-refractivity contribution is 1.17. The zero-order valence-electron chi connectivity index (χ0n) is 36.3. The van der Waals surface area contributed by atoms with E-state index in [-0.39, 0.29) is 0 Å². The van der Waals surface area contributed by atoms with Crippen LogP contribution in [0.4, 0.5) is 0 Å². The van der Waals surface area contributed by atoms with Crippen LogP contribution in [0.15, 0.2) is 206 Å². The first-order chi connectivity index (χ1) is 32.6. The number of thiophene rings is 2. The number of nitrogens with zero attached hydrogens (tertiary/aromatic N) is 2. The van der Waals surface area contributed by atoms with Crippen LogP contribution in [0.2, 0.25) is 0 Å². The van der Waals surface area contributed by atoms with Crippen LogP contribution < -0.4 is 0 Å². The van der Waals surface area contributed by atoms with Gasteiger partial charge in [0.1, 0.15) is 0 Å². The van der Waals surface area contributed by atoms with Gasteiger partial charge in [0.25, 0.3) is 0 Å². The fourth-order valence-corrected chi connectivity index (χ4v) is 13.3. The van der Waals surface area contributed by atoms with E-state index in [0.717, 1.165) is 11.4 Å². The van der Waals surface area contributed by atoms with Crippen LogP contribution in [-0.4, -0.2) is 9.13 Å². The molecule has 0 saturated carbocycles. The van der Waals surface area contributed by atoms with Crippen molar-refractivity contribution in [1.29, 1.82) is 0 Å². The summed E-state index contributed by atoms with van der Waals surface area (Å²) in [5.74, 6) is 0. The number of aryl methyl sites for hydroxylation is 2. The van der Waals surface area contributed by atoms with E-state index in [2.05, 4.69) is 229 Å². The van der Waals surface area contributed by atoms with E-state index >= 15 is 0 Å². The van der Waals surface area contributed by atoms with Crippen molar-refractivity contribution >= 4 is 107 Å². The van der Waals surface area contributed by atoms with Crippen LogP contribution in [0.5, 0.6) is 0 Å². The summed E-state index contributed by atoms with van der Waals surface area (Å²) in [4.78, 5) is 0. The molecule has 14 aromatic rings. The Hall–Kier alpha value is -7.76. The molecule has 0 saturated heterocycles. The maximum Gasteiger partial charge on any atom is 0.0541 e. The highest BCUT2D eigenvalue weighted by atomic mass is 32.1. The zero-order valence-corrected chi connectivity index (χ0v) is 38.0. The Kier molecular flexibility index (Phi) is 8.19. The molecule has 66 heavy (non-hydrogen) atoms.